The molecule has 0 bridgehead atoms. The number of hydrogen-bond acceptors (Lipinski definition) is 4. The number of hydrogen-bond donors (Lipinski definition) is 3. The first-order valence-corrected chi connectivity index (χ1v) is 9.32. The van der Waals surface area contributed by atoms with Crippen LogP contribution >= 0.6 is 15.9 Å². The minimum Gasteiger partial charge on any atom is -0.481 e. The fourth-order valence-corrected chi connectivity index (χ4v) is 3.58. The molecular weight excluding hydrogens is 412 g/mol. The van der Waals surface area contributed by atoms with Gasteiger partial charge in [0.2, 0.25) is 0 Å². The second kappa shape index (κ2) is 7.92. The van der Waals surface area contributed by atoms with E-state index in [0.29, 0.717) is 4.47 Å². The number of carbonyl (C=O) groups excluding carboxylic acids is 1. The van der Waals surface area contributed by atoms with Gasteiger partial charge in [0.05, 0.1) is 11.0 Å². The summed E-state index contributed by atoms with van der Waals surface area (Å²) in [5.74, 6) is -1.32. The molecule has 1 fully saturated rings. The molecule has 3 N–H and O–H groups in total. The van der Waals surface area contributed by atoms with Crippen molar-refractivity contribution in [1.82, 2.24) is 5.32 Å². The molecule has 2 aromatic rings. The van der Waals surface area contributed by atoms with E-state index in [1.54, 1.807) is 12.1 Å². The lowest BCUT2D eigenvalue weighted by atomic mass is 9.63. The smallest absolute Gasteiger partial charge is 0.341 e. The predicted molar refractivity (Wildman–Crippen MR) is 104 cm³/mol. The van der Waals surface area contributed by atoms with Gasteiger partial charge in [0, 0.05) is 4.47 Å². The summed E-state index contributed by atoms with van der Waals surface area (Å²) in [5, 5.41) is 20.0. The summed E-state index contributed by atoms with van der Waals surface area (Å²) in [6.45, 7) is -0.548. The van der Waals surface area contributed by atoms with Gasteiger partial charge in [-0.2, -0.15) is 0 Å². The van der Waals surface area contributed by atoms with E-state index in [0.717, 1.165) is 24.8 Å². The molecule has 0 heterocycles. The van der Waals surface area contributed by atoms with Gasteiger partial charge in [-0.15, -0.1) is 0 Å². The zero-order valence-electron chi connectivity index (χ0n) is 14.5. The Bertz CT molecular complexity index is 879. The SMILES string of the molecule is N=C(NC(=O)c1cc(Br)ccc1OCC(=O)O)C1(c2ccccc2)CCC1. The molecule has 0 saturated heterocycles. The Morgan fingerprint density at radius 1 is 1.19 bits per heavy atom. The highest BCUT2D eigenvalue weighted by Gasteiger charge is 2.43. The van der Waals surface area contributed by atoms with Crippen LogP contribution in [0, 0.1) is 5.41 Å². The fourth-order valence-electron chi connectivity index (χ4n) is 3.22. The number of ether oxygens (including phenoxy) is 1. The van der Waals surface area contributed by atoms with Crippen LogP contribution in [0.1, 0.15) is 35.2 Å². The van der Waals surface area contributed by atoms with E-state index < -0.39 is 23.9 Å². The predicted octanol–water partition coefficient (Wildman–Crippen LogP) is 3.74. The highest BCUT2D eigenvalue weighted by Crippen LogP contribution is 2.44. The summed E-state index contributed by atoms with van der Waals surface area (Å²) in [6.07, 6.45) is 2.60. The number of halogens is 1. The molecule has 1 saturated carbocycles. The highest BCUT2D eigenvalue weighted by atomic mass is 79.9. The van der Waals surface area contributed by atoms with Gasteiger partial charge < -0.3 is 15.2 Å². The van der Waals surface area contributed by atoms with Gasteiger partial charge >= 0.3 is 5.97 Å². The van der Waals surface area contributed by atoms with E-state index in [1.807, 2.05) is 30.3 Å². The van der Waals surface area contributed by atoms with E-state index in [1.165, 1.54) is 6.07 Å². The monoisotopic (exact) mass is 430 g/mol. The number of carboxylic acids is 1. The molecule has 27 heavy (non-hydrogen) atoms. The van der Waals surface area contributed by atoms with Crippen LogP contribution in [0.15, 0.2) is 53.0 Å². The third kappa shape index (κ3) is 4.03. The van der Waals surface area contributed by atoms with Crippen LogP contribution in [0.4, 0.5) is 0 Å². The molecule has 7 heteroatoms. The Morgan fingerprint density at radius 2 is 1.89 bits per heavy atom. The van der Waals surface area contributed by atoms with Crippen molar-refractivity contribution in [1.29, 1.82) is 5.41 Å². The number of carbonyl (C=O) groups is 2. The summed E-state index contributed by atoms with van der Waals surface area (Å²) >= 11 is 3.31. The van der Waals surface area contributed by atoms with Crippen molar-refractivity contribution in [3.05, 3.63) is 64.1 Å². The molecule has 0 unspecified atom stereocenters. The fraction of sp³-hybridized carbons (Fsp3) is 0.250. The van der Waals surface area contributed by atoms with E-state index in [2.05, 4.69) is 21.2 Å². The Morgan fingerprint density at radius 3 is 2.48 bits per heavy atom. The first-order chi connectivity index (χ1) is 12.9. The van der Waals surface area contributed by atoms with Crippen LogP contribution in [-0.2, 0) is 10.2 Å². The van der Waals surface area contributed by atoms with Gasteiger partial charge in [-0.1, -0.05) is 52.7 Å². The maximum absolute atomic E-state index is 12.8. The number of benzene rings is 2. The standard InChI is InChI=1S/C20H19BrN2O4/c21-14-7-8-16(27-12-17(24)25)15(11-14)18(26)23-19(22)20(9-4-10-20)13-5-2-1-3-6-13/h1-3,5-8,11H,4,9-10,12H2,(H,24,25)(H2,22,23,26). The summed E-state index contributed by atoms with van der Waals surface area (Å²) < 4.78 is 5.87. The number of rotatable bonds is 6. The lowest BCUT2D eigenvalue weighted by Crippen LogP contribution is -2.50. The van der Waals surface area contributed by atoms with Crippen molar-refractivity contribution >= 4 is 33.6 Å². The molecule has 0 atom stereocenters. The third-order valence-electron chi connectivity index (χ3n) is 4.79. The summed E-state index contributed by atoms with van der Waals surface area (Å²) in [5.41, 5.74) is 0.710. The lowest BCUT2D eigenvalue weighted by Gasteiger charge is -2.42. The lowest BCUT2D eigenvalue weighted by molar-refractivity contribution is -0.139. The Hall–Kier alpha value is -2.67. The first-order valence-electron chi connectivity index (χ1n) is 8.52. The van der Waals surface area contributed by atoms with E-state index in [4.69, 9.17) is 15.3 Å². The van der Waals surface area contributed by atoms with Gasteiger partial charge in [-0.25, -0.2) is 4.79 Å². The van der Waals surface area contributed by atoms with E-state index in [9.17, 15) is 9.59 Å². The molecule has 0 radical (unpaired) electrons. The molecule has 140 valence electrons. The molecule has 2 aromatic carbocycles. The molecule has 0 spiro atoms. The molecule has 0 aromatic heterocycles. The van der Waals surface area contributed by atoms with Crippen molar-refractivity contribution in [2.24, 2.45) is 0 Å². The van der Waals surface area contributed by atoms with Crippen molar-refractivity contribution in [3.63, 3.8) is 0 Å². The minimum atomic E-state index is -1.13. The Balaban J connectivity index is 1.82. The Labute approximate surface area is 165 Å². The van der Waals surface area contributed by atoms with Crippen molar-refractivity contribution in [2.45, 2.75) is 24.7 Å². The molecule has 0 aliphatic heterocycles. The van der Waals surface area contributed by atoms with Crippen LogP contribution in [0.2, 0.25) is 0 Å². The highest BCUT2D eigenvalue weighted by molar-refractivity contribution is 9.10. The minimum absolute atomic E-state index is 0.147. The van der Waals surface area contributed by atoms with Crippen LogP contribution < -0.4 is 10.1 Å². The summed E-state index contributed by atoms with van der Waals surface area (Å²) in [4.78, 5) is 23.6. The average molecular weight is 431 g/mol. The number of amides is 1. The molecule has 1 aliphatic carbocycles. The molecule has 1 amide bonds. The maximum Gasteiger partial charge on any atom is 0.341 e. The van der Waals surface area contributed by atoms with Crippen molar-refractivity contribution < 1.29 is 19.4 Å². The van der Waals surface area contributed by atoms with Gasteiger partial charge in [-0.05, 0) is 36.6 Å². The van der Waals surface area contributed by atoms with Gasteiger partial charge in [0.1, 0.15) is 11.6 Å². The zero-order chi connectivity index (χ0) is 19.4. The summed E-state index contributed by atoms with van der Waals surface area (Å²) in [6, 6.07) is 14.5. The largest absolute Gasteiger partial charge is 0.481 e. The topological polar surface area (TPSA) is 99.5 Å². The number of nitrogens with one attached hydrogen (secondary N) is 2. The van der Waals surface area contributed by atoms with Crippen LogP contribution in [0.5, 0.6) is 5.75 Å². The first kappa shape index (κ1) is 19.1. The maximum atomic E-state index is 12.8. The Kier molecular flexibility index (Phi) is 5.60. The normalized spacial score (nSPS) is 14.7. The van der Waals surface area contributed by atoms with Gasteiger partial charge in [0.25, 0.3) is 5.91 Å². The number of carboxylic acid groups (broad SMARTS) is 1. The van der Waals surface area contributed by atoms with Crippen molar-refractivity contribution in [3.8, 4) is 5.75 Å². The van der Waals surface area contributed by atoms with Crippen LogP contribution in [-0.4, -0.2) is 29.4 Å². The quantitative estimate of drug-likeness (QED) is 0.479. The molecule has 3 rings (SSSR count). The van der Waals surface area contributed by atoms with Gasteiger partial charge in [-0.3, -0.25) is 10.2 Å². The summed E-state index contributed by atoms with van der Waals surface area (Å²) in [7, 11) is 0. The molecule has 1 aliphatic rings. The molecule has 6 nitrogen and oxygen atoms in total. The van der Waals surface area contributed by atoms with E-state index >= 15 is 0 Å². The number of aliphatic carboxylic acids is 1. The van der Waals surface area contributed by atoms with Gasteiger partial charge in [0.15, 0.2) is 6.61 Å². The third-order valence-corrected chi connectivity index (χ3v) is 5.28. The van der Waals surface area contributed by atoms with Crippen molar-refractivity contribution in [2.75, 3.05) is 6.61 Å². The zero-order valence-corrected chi connectivity index (χ0v) is 16.1. The van der Waals surface area contributed by atoms with E-state index in [-0.39, 0.29) is 17.1 Å². The number of amidine groups is 1. The van der Waals surface area contributed by atoms with Crippen LogP contribution in [0.25, 0.3) is 0 Å². The second-order valence-electron chi connectivity index (χ2n) is 6.45. The second-order valence-corrected chi connectivity index (χ2v) is 7.37. The molecular formula is C20H19BrN2O4. The van der Waals surface area contributed by atoms with Crippen LogP contribution in [0.3, 0.4) is 0 Å². The average Bonchev–Trinajstić information content (AvgIpc) is 2.60.